The fourth-order valence-electron chi connectivity index (χ4n) is 1.24. The van der Waals surface area contributed by atoms with Crippen LogP contribution in [0.25, 0.3) is 0 Å². The molecule has 90 valence electrons. The van der Waals surface area contributed by atoms with Gasteiger partial charge in [0.05, 0.1) is 5.69 Å². The van der Waals surface area contributed by atoms with Crippen molar-refractivity contribution in [1.29, 1.82) is 0 Å². The second-order valence-electron chi connectivity index (χ2n) is 3.86. The van der Waals surface area contributed by atoms with Crippen molar-refractivity contribution in [3.63, 3.8) is 0 Å². The van der Waals surface area contributed by atoms with Crippen LogP contribution < -0.4 is 5.32 Å². The van der Waals surface area contributed by atoms with Crippen molar-refractivity contribution in [3.05, 3.63) is 23.5 Å². The fourth-order valence-corrected chi connectivity index (χ4v) is 1.60. The van der Waals surface area contributed by atoms with E-state index in [2.05, 4.69) is 10.3 Å². The van der Waals surface area contributed by atoms with Gasteiger partial charge in [0.25, 0.3) is 0 Å². The summed E-state index contributed by atoms with van der Waals surface area (Å²) >= 11 is 0. The van der Waals surface area contributed by atoms with Gasteiger partial charge in [0.2, 0.25) is 0 Å². The molecule has 0 spiro atoms. The van der Waals surface area contributed by atoms with Crippen molar-refractivity contribution >= 4 is 10.8 Å². The van der Waals surface area contributed by atoms with Gasteiger partial charge in [0.15, 0.2) is 0 Å². The molecule has 0 fully saturated rings. The molecule has 5 heteroatoms. The quantitative estimate of drug-likeness (QED) is 0.807. The summed E-state index contributed by atoms with van der Waals surface area (Å²) in [7, 11) is -0.823. The summed E-state index contributed by atoms with van der Waals surface area (Å²) in [4.78, 5) is 4.23. The second kappa shape index (κ2) is 5.96. The van der Waals surface area contributed by atoms with Crippen molar-refractivity contribution in [2.75, 3.05) is 12.8 Å². The third kappa shape index (κ3) is 3.90. The van der Waals surface area contributed by atoms with Crippen LogP contribution in [0.3, 0.4) is 0 Å². The Kier molecular flexibility index (Phi) is 4.89. The second-order valence-corrected chi connectivity index (χ2v) is 5.66. The van der Waals surface area contributed by atoms with Crippen molar-refractivity contribution in [2.45, 2.75) is 25.6 Å². The maximum Gasteiger partial charge on any atom is 0.138 e. The van der Waals surface area contributed by atoms with Gasteiger partial charge in [0, 0.05) is 41.1 Å². The van der Waals surface area contributed by atoms with Gasteiger partial charge in [-0.2, -0.15) is 0 Å². The normalized spacial score (nSPS) is 14.7. The Balaban J connectivity index is 2.48. The van der Waals surface area contributed by atoms with Crippen LogP contribution >= 0.6 is 0 Å². The van der Waals surface area contributed by atoms with Crippen LogP contribution in [0.1, 0.15) is 18.3 Å². The van der Waals surface area contributed by atoms with E-state index in [0.29, 0.717) is 18.8 Å². The number of aromatic nitrogens is 1. The minimum atomic E-state index is -0.823. The number of rotatable bonds is 5. The van der Waals surface area contributed by atoms with E-state index in [1.54, 1.807) is 18.4 Å². The average molecular weight is 242 g/mol. The Morgan fingerprint density at radius 2 is 2.25 bits per heavy atom. The Morgan fingerprint density at radius 1 is 1.56 bits per heavy atom. The highest BCUT2D eigenvalue weighted by atomic mass is 32.2. The minimum absolute atomic E-state index is 0.104. The molecular formula is C11H18N2O2S. The predicted molar refractivity (Wildman–Crippen MR) is 65.9 cm³/mol. The first-order chi connectivity index (χ1) is 7.50. The van der Waals surface area contributed by atoms with Crippen molar-refractivity contribution < 1.29 is 9.32 Å². The van der Waals surface area contributed by atoms with Gasteiger partial charge in [-0.25, -0.2) is 0 Å². The van der Waals surface area contributed by atoms with Crippen LogP contribution in [0, 0.1) is 6.92 Å². The molecule has 2 N–H and O–H groups in total. The average Bonchev–Trinajstić information content (AvgIpc) is 2.22. The first-order valence-electron chi connectivity index (χ1n) is 5.19. The topological polar surface area (TPSA) is 62.2 Å². The van der Waals surface area contributed by atoms with Crippen molar-refractivity contribution in [2.24, 2.45) is 0 Å². The smallest absolute Gasteiger partial charge is 0.138 e. The van der Waals surface area contributed by atoms with Gasteiger partial charge in [-0.1, -0.05) is 0 Å². The number of aromatic hydroxyl groups is 1. The van der Waals surface area contributed by atoms with Gasteiger partial charge >= 0.3 is 0 Å². The Labute approximate surface area is 98.6 Å². The molecule has 16 heavy (non-hydrogen) atoms. The van der Waals surface area contributed by atoms with E-state index in [4.69, 9.17) is 0 Å². The Bertz CT molecular complexity index is 382. The van der Waals surface area contributed by atoms with E-state index in [0.717, 1.165) is 5.69 Å². The van der Waals surface area contributed by atoms with Crippen molar-refractivity contribution in [1.82, 2.24) is 10.3 Å². The van der Waals surface area contributed by atoms with Crippen LogP contribution in [0.5, 0.6) is 5.75 Å². The third-order valence-electron chi connectivity index (χ3n) is 2.38. The molecular weight excluding hydrogens is 224 g/mol. The van der Waals surface area contributed by atoms with E-state index >= 15 is 0 Å². The van der Waals surface area contributed by atoms with Gasteiger partial charge in [-0.3, -0.25) is 9.19 Å². The molecule has 0 saturated heterocycles. The molecule has 1 aromatic heterocycles. The monoisotopic (exact) mass is 242 g/mol. The van der Waals surface area contributed by atoms with Crippen LogP contribution in [0.15, 0.2) is 12.1 Å². The van der Waals surface area contributed by atoms with Crippen molar-refractivity contribution in [3.8, 4) is 5.75 Å². The summed E-state index contributed by atoms with van der Waals surface area (Å²) in [5, 5.41) is 12.8. The van der Waals surface area contributed by atoms with Crippen LogP contribution in [-0.2, 0) is 17.3 Å². The Hall–Kier alpha value is -0.940. The largest absolute Gasteiger partial charge is 0.506 e. The van der Waals surface area contributed by atoms with E-state index < -0.39 is 10.8 Å². The van der Waals surface area contributed by atoms with Crippen LogP contribution in [-0.4, -0.2) is 32.3 Å². The number of nitrogens with one attached hydrogen (secondary N) is 1. The lowest BCUT2D eigenvalue weighted by Gasteiger charge is -2.10. The summed E-state index contributed by atoms with van der Waals surface area (Å²) < 4.78 is 11.1. The molecule has 0 aliphatic carbocycles. The summed E-state index contributed by atoms with van der Waals surface area (Å²) in [6.45, 7) is 4.95. The third-order valence-corrected chi connectivity index (χ3v) is 3.68. The lowest BCUT2D eigenvalue weighted by Crippen LogP contribution is -2.27. The number of nitrogens with zero attached hydrogens (tertiary/aromatic N) is 1. The summed E-state index contributed by atoms with van der Waals surface area (Å²) in [5.41, 5.74) is 1.51. The molecule has 0 amide bonds. The van der Waals surface area contributed by atoms with E-state index in [9.17, 15) is 9.32 Å². The molecule has 2 atom stereocenters. The van der Waals surface area contributed by atoms with Crippen LogP contribution in [0.2, 0.25) is 0 Å². The fraction of sp³-hybridized carbons (Fsp3) is 0.545. The molecule has 0 saturated carbocycles. The zero-order valence-electron chi connectivity index (χ0n) is 9.86. The summed E-state index contributed by atoms with van der Waals surface area (Å²) in [6, 6.07) is 3.41. The van der Waals surface area contributed by atoms with E-state index in [-0.39, 0.29) is 11.0 Å². The highest BCUT2D eigenvalue weighted by molar-refractivity contribution is 7.84. The number of hydrogen-bond acceptors (Lipinski definition) is 4. The molecule has 2 unspecified atom stereocenters. The molecule has 0 bridgehead atoms. The molecule has 0 aliphatic rings. The number of pyridine rings is 1. The molecule has 0 aliphatic heterocycles. The lowest BCUT2D eigenvalue weighted by molar-refractivity contribution is 0.459. The van der Waals surface area contributed by atoms with Gasteiger partial charge in [-0.15, -0.1) is 0 Å². The first kappa shape index (κ1) is 13.1. The maximum absolute atomic E-state index is 11.1. The Morgan fingerprint density at radius 3 is 2.88 bits per heavy atom. The standard InChI is InChI=1S/C11H18N2O2S/c1-8-4-5-11(14)10(13-8)7-12-6-9(2)16(3)15/h4-5,9,12,14H,6-7H2,1-3H3. The summed E-state index contributed by atoms with van der Waals surface area (Å²) in [6.07, 6.45) is 1.69. The molecule has 1 aromatic rings. The predicted octanol–water partition coefficient (Wildman–Crippen LogP) is 0.952. The molecule has 1 heterocycles. The zero-order chi connectivity index (χ0) is 12.1. The highest BCUT2D eigenvalue weighted by Crippen LogP contribution is 2.13. The van der Waals surface area contributed by atoms with Gasteiger partial charge in [0.1, 0.15) is 5.75 Å². The highest BCUT2D eigenvalue weighted by Gasteiger charge is 2.07. The SMILES string of the molecule is Cc1ccc(O)c(CNCC(C)S(C)=O)n1. The number of hydrogen-bond donors (Lipinski definition) is 2. The minimum Gasteiger partial charge on any atom is -0.506 e. The first-order valence-corrected chi connectivity index (χ1v) is 6.81. The van der Waals surface area contributed by atoms with E-state index in [1.807, 2.05) is 13.8 Å². The van der Waals surface area contributed by atoms with Crippen LogP contribution in [0.4, 0.5) is 0 Å². The zero-order valence-corrected chi connectivity index (χ0v) is 10.7. The van der Waals surface area contributed by atoms with Gasteiger partial charge < -0.3 is 10.4 Å². The molecule has 0 radical (unpaired) electrons. The molecule has 0 aromatic carbocycles. The van der Waals surface area contributed by atoms with Gasteiger partial charge in [-0.05, 0) is 26.0 Å². The molecule has 4 nitrogen and oxygen atoms in total. The number of aryl methyl sites for hydroxylation is 1. The lowest BCUT2D eigenvalue weighted by atomic mass is 10.3. The van der Waals surface area contributed by atoms with E-state index in [1.165, 1.54) is 0 Å². The molecule has 1 rings (SSSR count). The summed E-state index contributed by atoms with van der Waals surface area (Å²) in [5.74, 6) is 0.198. The maximum atomic E-state index is 11.1.